The molecule has 51 heavy (non-hydrogen) atoms. The summed E-state index contributed by atoms with van der Waals surface area (Å²) < 4.78 is 24.0. The van der Waals surface area contributed by atoms with Crippen LogP contribution in [0.15, 0.2) is 78.9 Å². The summed E-state index contributed by atoms with van der Waals surface area (Å²) in [6, 6.07) is 22.2. The Hall–Kier alpha value is -4.62. The van der Waals surface area contributed by atoms with Crippen molar-refractivity contribution in [2.24, 2.45) is 0 Å². The third-order valence-corrected chi connectivity index (χ3v) is 9.17. The van der Waals surface area contributed by atoms with Gasteiger partial charge in [-0.3, -0.25) is 19.3 Å². The molecule has 0 aliphatic carbocycles. The van der Waals surface area contributed by atoms with Gasteiger partial charge < -0.3 is 29.4 Å². The van der Waals surface area contributed by atoms with Gasteiger partial charge in [-0.15, -0.1) is 0 Å². The largest absolute Gasteiger partial charge is 0.459 e. The first kappa shape index (κ1) is 36.2. The van der Waals surface area contributed by atoms with E-state index in [1.54, 1.807) is 24.3 Å². The van der Waals surface area contributed by atoms with E-state index >= 15 is 0 Å². The Morgan fingerprint density at radius 1 is 0.922 bits per heavy atom. The number of likely N-dealkylation sites (tertiary alicyclic amines) is 1. The molecule has 0 bridgehead atoms. The number of ether oxygens (including phenoxy) is 4. The number of imide groups is 1. The van der Waals surface area contributed by atoms with Gasteiger partial charge >= 0.3 is 12.1 Å². The average Bonchev–Trinajstić information content (AvgIpc) is 3.69. The maximum atomic E-state index is 13.2. The minimum Gasteiger partial charge on any atom is -0.459 e. The Balaban J connectivity index is 1.14. The number of hydrogen-bond acceptors (Lipinski definition) is 10. The highest BCUT2D eigenvalue weighted by Crippen LogP contribution is 2.39. The number of esters is 1. The maximum absolute atomic E-state index is 13.2. The molecule has 0 aromatic heterocycles. The molecule has 3 heterocycles. The van der Waals surface area contributed by atoms with Crippen LogP contribution in [0.25, 0.3) is 0 Å². The van der Waals surface area contributed by atoms with Crippen LogP contribution in [0.5, 0.6) is 0 Å². The first-order valence-electron chi connectivity index (χ1n) is 17.4. The summed E-state index contributed by atoms with van der Waals surface area (Å²) in [7, 11) is 0. The highest BCUT2D eigenvalue weighted by Gasteiger charge is 2.42. The molecule has 0 radical (unpaired) electrons. The number of alkyl carbamates (subject to hydrolysis) is 1. The SMILES string of the molecule is CC(C)(C)OC(=O)C1CCCN1CC1CC(c2ccc(CO)cc2)OC(c2ccc(N3C(=O)CC(NC(=O)OCc4ccccc4)C3=O)cc2)O1. The van der Waals surface area contributed by atoms with Crippen molar-refractivity contribution in [3.05, 3.63) is 101 Å². The van der Waals surface area contributed by atoms with Crippen molar-refractivity contribution in [1.29, 1.82) is 0 Å². The van der Waals surface area contributed by atoms with E-state index in [0.717, 1.165) is 34.6 Å². The van der Waals surface area contributed by atoms with Gasteiger partial charge in [0.1, 0.15) is 24.3 Å². The van der Waals surface area contributed by atoms with Crippen molar-refractivity contribution in [2.75, 3.05) is 18.0 Å². The number of amides is 3. The number of nitrogens with zero attached hydrogens (tertiary/aromatic N) is 2. The van der Waals surface area contributed by atoms with E-state index in [0.29, 0.717) is 30.6 Å². The van der Waals surface area contributed by atoms with Gasteiger partial charge in [0.25, 0.3) is 5.91 Å². The van der Waals surface area contributed by atoms with E-state index < -0.39 is 35.8 Å². The molecule has 3 aliphatic heterocycles. The van der Waals surface area contributed by atoms with Crippen LogP contribution < -0.4 is 10.2 Å². The summed E-state index contributed by atoms with van der Waals surface area (Å²) >= 11 is 0. The summed E-state index contributed by atoms with van der Waals surface area (Å²) in [4.78, 5) is 54.9. The fourth-order valence-corrected chi connectivity index (χ4v) is 6.68. The van der Waals surface area contributed by atoms with Crippen LogP contribution in [0.4, 0.5) is 10.5 Å². The number of nitrogens with one attached hydrogen (secondary N) is 1. The van der Waals surface area contributed by atoms with Crippen LogP contribution in [0, 0.1) is 0 Å². The van der Waals surface area contributed by atoms with Gasteiger partial charge in [-0.25, -0.2) is 9.69 Å². The zero-order valence-electron chi connectivity index (χ0n) is 29.2. The van der Waals surface area contributed by atoms with E-state index in [4.69, 9.17) is 18.9 Å². The molecule has 3 amide bonds. The molecule has 5 atom stereocenters. The number of rotatable bonds is 10. The Bertz CT molecular complexity index is 1690. The zero-order valence-corrected chi connectivity index (χ0v) is 29.2. The van der Waals surface area contributed by atoms with Crippen molar-refractivity contribution in [3.8, 4) is 0 Å². The van der Waals surface area contributed by atoms with E-state index in [9.17, 15) is 24.3 Å². The fraction of sp³-hybridized carbons (Fsp3) is 0.436. The van der Waals surface area contributed by atoms with Crippen molar-refractivity contribution < 1.29 is 43.2 Å². The minimum atomic E-state index is -1.04. The smallest absolute Gasteiger partial charge is 0.408 e. The summed E-state index contributed by atoms with van der Waals surface area (Å²) in [6.07, 6.45) is -0.226. The van der Waals surface area contributed by atoms with Crippen molar-refractivity contribution in [2.45, 2.75) is 95.9 Å². The molecular weight excluding hydrogens is 654 g/mol. The minimum absolute atomic E-state index is 0.0378. The lowest BCUT2D eigenvalue weighted by atomic mass is 9.99. The van der Waals surface area contributed by atoms with Gasteiger partial charge in [-0.1, -0.05) is 66.7 Å². The summed E-state index contributed by atoms with van der Waals surface area (Å²) in [6.45, 7) is 6.82. The van der Waals surface area contributed by atoms with Crippen molar-refractivity contribution >= 4 is 29.6 Å². The van der Waals surface area contributed by atoms with Gasteiger partial charge in [0.2, 0.25) is 5.91 Å². The lowest BCUT2D eigenvalue weighted by Crippen LogP contribution is -2.45. The molecular formula is C39H45N3O9. The van der Waals surface area contributed by atoms with Crippen LogP contribution >= 0.6 is 0 Å². The quantitative estimate of drug-likeness (QED) is 0.217. The average molecular weight is 700 g/mol. The monoisotopic (exact) mass is 699 g/mol. The number of aliphatic hydroxyl groups excluding tert-OH is 1. The lowest BCUT2D eigenvalue weighted by molar-refractivity contribution is -0.253. The molecule has 0 spiro atoms. The third-order valence-electron chi connectivity index (χ3n) is 9.17. The molecule has 6 rings (SSSR count). The van der Waals surface area contributed by atoms with Crippen LogP contribution in [0.3, 0.4) is 0 Å². The first-order chi connectivity index (χ1) is 24.5. The van der Waals surface area contributed by atoms with Crippen LogP contribution in [0.2, 0.25) is 0 Å². The van der Waals surface area contributed by atoms with Crippen LogP contribution in [-0.2, 0) is 46.5 Å². The lowest BCUT2D eigenvalue weighted by Gasteiger charge is -2.38. The van der Waals surface area contributed by atoms with Gasteiger partial charge in [0, 0.05) is 18.5 Å². The second-order valence-electron chi connectivity index (χ2n) is 14.2. The second-order valence-corrected chi connectivity index (χ2v) is 14.2. The summed E-state index contributed by atoms with van der Waals surface area (Å²) in [5, 5.41) is 12.1. The third kappa shape index (κ3) is 9.01. The van der Waals surface area contributed by atoms with E-state index in [1.165, 1.54) is 0 Å². The predicted molar refractivity (Wildman–Crippen MR) is 186 cm³/mol. The fourth-order valence-electron chi connectivity index (χ4n) is 6.68. The topological polar surface area (TPSA) is 144 Å². The Morgan fingerprint density at radius 2 is 1.63 bits per heavy atom. The summed E-state index contributed by atoms with van der Waals surface area (Å²) in [5.74, 6) is -1.23. The van der Waals surface area contributed by atoms with Crippen molar-refractivity contribution in [3.63, 3.8) is 0 Å². The van der Waals surface area contributed by atoms with E-state index in [-0.39, 0.29) is 43.9 Å². The highest BCUT2D eigenvalue weighted by atomic mass is 16.7. The van der Waals surface area contributed by atoms with Gasteiger partial charge in [-0.05, 0) is 69.0 Å². The molecule has 12 heteroatoms. The Morgan fingerprint density at radius 3 is 2.31 bits per heavy atom. The zero-order chi connectivity index (χ0) is 36.1. The molecule has 3 aliphatic rings. The molecule has 270 valence electrons. The van der Waals surface area contributed by atoms with Gasteiger partial charge in [0.05, 0.1) is 30.9 Å². The molecule has 12 nitrogen and oxygen atoms in total. The number of anilines is 1. The van der Waals surface area contributed by atoms with Crippen molar-refractivity contribution in [1.82, 2.24) is 10.2 Å². The number of carbonyl (C=O) groups excluding carboxylic acids is 4. The predicted octanol–water partition coefficient (Wildman–Crippen LogP) is 5.09. The highest BCUT2D eigenvalue weighted by molar-refractivity contribution is 6.22. The molecule has 3 aromatic carbocycles. The summed E-state index contributed by atoms with van der Waals surface area (Å²) in [5.41, 5.74) is 2.98. The molecule has 3 saturated heterocycles. The molecule has 5 unspecified atom stereocenters. The van der Waals surface area contributed by atoms with E-state index in [2.05, 4.69) is 10.2 Å². The molecule has 2 N–H and O–H groups in total. The number of aliphatic hydroxyl groups is 1. The standard InChI is InChI=1S/C39H45N3O9/c1-39(2,3)51-36(46)32-10-7-19-41(32)22-30-20-33(27-13-11-25(23-43)12-14-27)50-37(49-30)28-15-17-29(18-16-28)42-34(44)21-31(35(42)45)40-38(47)48-24-26-8-5-4-6-9-26/h4-6,8-9,11-18,30-33,37,43H,7,10,19-24H2,1-3H3,(H,40,47). The van der Waals surface area contributed by atoms with E-state index in [1.807, 2.05) is 75.4 Å². The normalized spacial score (nSPS) is 24.1. The van der Waals surface area contributed by atoms with Gasteiger partial charge in [0.15, 0.2) is 6.29 Å². The Kier molecular flexibility index (Phi) is 11.2. The van der Waals surface area contributed by atoms with Crippen LogP contribution in [0.1, 0.15) is 81.1 Å². The second kappa shape index (κ2) is 15.7. The first-order valence-corrected chi connectivity index (χ1v) is 17.4. The molecule has 0 saturated carbocycles. The number of benzene rings is 3. The maximum Gasteiger partial charge on any atom is 0.408 e. The van der Waals surface area contributed by atoms with Gasteiger partial charge in [-0.2, -0.15) is 0 Å². The van der Waals surface area contributed by atoms with Crippen LogP contribution in [-0.4, -0.2) is 70.8 Å². The number of carbonyl (C=O) groups is 4. The molecule has 3 aromatic rings. The number of hydrogen-bond donors (Lipinski definition) is 2. The molecule has 3 fully saturated rings. The Labute approximate surface area is 297 Å².